The van der Waals surface area contributed by atoms with Gasteiger partial charge in [0, 0.05) is 30.7 Å². The van der Waals surface area contributed by atoms with Gasteiger partial charge in [0.05, 0.1) is 18.0 Å². The van der Waals surface area contributed by atoms with Crippen molar-refractivity contribution in [3.05, 3.63) is 84.8 Å². The van der Waals surface area contributed by atoms with Gasteiger partial charge in [-0.05, 0) is 30.7 Å². The molecule has 0 aliphatic rings. The topological polar surface area (TPSA) is 122 Å². The number of nitrogens with zero attached hydrogens (tertiary/aromatic N) is 7. The van der Waals surface area contributed by atoms with E-state index in [-0.39, 0.29) is 17.4 Å². The molecule has 0 fully saturated rings. The van der Waals surface area contributed by atoms with E-state index in [1.165, 1.54) is 17.1 Å². The molecule has 0 unspecified atom stereocenters. The molecule has 5 aromatic rings. The van der Waals surface area contributed by atoms with E-state index in [4.69, 9.17) is 5.11 Å². The Bertz CT molecular complexity index is 1390. The molecule has 170 valence electrons. The summed E-state index contributed by atoms with van der Waals surface area (Å²) in [6.07, 6.45) is 4.79. The molecule has 0 radical (unpaired) electrons. The predicted molar refractivity (Wildman–Crippen MR) is 126 cm³/mol. The van der Waals surface area contributed by atoms with Crippen molar-refractivity contribution in [3.63, 3.8) is 0 Å². The van der Waals surface area contributed by atoms with Crippen molar-refractivity contribution in [2.24, 2.45) is 0 Å². The highest BCUT2D eigenvalue weighted by atomic mass is 16.4. The zero-order valence-electron chi connectivity index (χ0n) is 18.1. The Morgan fingerprint density at radius 1 is 0.912 bits per heavy atom. The number of carboxylic acid groups (broad SMARTS) is 1. The van der Waals surface area contributed by atoms with Crippen LogP contribution in [-0.4, -0.2) is 52.3 Å². The summed E-state index contributed by atoms with van der Waals surface area (Å²) >= 11 is 0. The van der Waals surface area contributed by atoms with Crippen LogP contribution in [-0.2, 0) is 6.54 Å². The van der Waals surface area contributed by atoms with Gasteiger partial charge in [-0.15, -0.1) is 0 Å². The summed E-state index contributed by atoms with van der Waals surface area (Å²) in [5, 5.41) is 28.0. The van der Waals surface area contributed by atoms with Crippen LogP contribution in [0.4, 0.5) is 11.4 Å². The first-order chi connectivity index (χ1) is 16.6. The van der Waals surface area contributed by atoms with Crippen LogP contribution in [0.15, 0.2) is 79.3 Å². The number of aromatic hydroxyl groups is 1. The van der Waals surface area contributed by atoms with E-state index in [0.717, 1.165) is 24.3 Å². The summed E-state index contributed by atoms with van der Waals surface area (Å²) in [4.78, 5) is 21.8. The molecule has 0 aliphatic carbocycles. The first-order valence-electron chi connectivity index (χ1n) is 10.7. The number of hydrogen-bond donors (Lipinski definition) is 2. The normalized spacial score (nSPS) is 11.1. The zero-order valence-corrected chi connectivity index (χ0v) is 18.1. The van der Waals surface area contributed by atoms with Gasteiger partial charge in [-0.2, -0.15) is 15.2 Å². The second-order valence-electron chi connectivity index (χ2n) is 7.60. The van der Waals surface area contributed by atoms with Crippen molar-refractivity contribution < 1.29 is 15.0 Å². The van der Waals surface area contributed by atoms with Crippen LogP contribution in [0.1, 0.15) is 16.8 Å². The molecule has 3 heterocycles. The quantitative estimate of drug-likeness (QED) is 0.364. The van der Waals surface area contributed by atoms with E-state index >= 15 is 0 Å². The summed E-state index contributed by atoms with van der Waals surface area (Å²) in [5.74, 6) is -1.28. The van der Waals surface area contributed by atoms with E-state index in [2.05, 4.69) is 49.3 Å². The highest BCUT2D eigenvalue weighted by Crippen LogP contribution is 2.26. The highest BCUT2D eigenvalue weighted by Gasteiger charge is 2.16. The van der Waals surface area contributed by atoms with E-state index < -0.39 is 5.97 Å². The third-order valence-corrected chi connectivity index (χ3v) is 5.38. The number of aryl methyl sites for hydroxylation is 1. The molecule has 0 amide bonds. The van der Waals surface area contributed by atoms with E-state index in [0.29, 0.717) is 17.6 Å². The number of rotatable bonds is 8. The van der Waals surface area contributed by atoms with Crippen LogP contribution in [0.25, 0.3) is 17.0 Å². The smallest absolute Gasteiger partial charge is 0.338 e. The lowest BCUT2D eigenvalue weighted by Gasteiger charge is -2.25. The van der Waals surface area contributed by atoms with Crippen molar-refractivity contribution in [2.75, 3.05) is 11.4 Å². The molecule has 10 nitrogen and oxygen atoms in total. The predicted octanol–water partition coefficient (Wildman–Crippen LogP) is 3.64. The Morgan fingerprint density at radius 3 is 2.21 bits per heavy atom. The van der Waals surface area contributed by atoms with Crippen LogP contribution < -0.4 is 4.90 Å². The summed E-state index contributed by atoms with van der Waals surface area (Å²) in [5.41, 5.74) is 3.04. The number of carbonyl (C=O) groups is 1. The van der Waals surface area contributed by atoms with Crippen LogP contribution in [0.2, 0.25) is 0 Å². The molecule has 0 spiro atoms. The van der Waals surface area contributed by atoms with Crippen LogP contribution in [0.3, 0.4) is 0 Å². The van der Waals surface area contributed by atoms with Crippen LogP contribution in [0, 0.1) is 0 Å². The highest BCUT2D eigenvalue weighted by molar-refractivity contribution is 5.87. The van der Waals surface area contributed by atoms with Gasteiger partial charge in [0.2, 0.25) is 5.88 Å². The van der Waals surface area contributed by atoms with Crippen LogP contribution >= 0.6 is 0 Å². The molecule has 3 aromatic heterocycles. The molecule has 0 bridgehead atoms. The van der Waals surface area contributed by atoms with Gasteiger partial charge in [0.15, 0.2) is 0 Å². The molecular formula is C24H21N7O3. The Morgan fingerprint density at radius 2 is 1.59 bits per heavy atom. The fourth-order valence-electron chi connectivity index (χ4n) is 3.78. The molecule has 0 saturated carbocycles. The Labute approximate surface area is 194 Å². The van der Waals surface area contributed by atoms with Crippen molar-refractivity contribution in [3.8, 4) is 11.8 Å². The van der Waals surface area contributed by atoms with Gasteiger partial charge in [0.25, 0.3) is 5.95 Å². The fraction of sp³-hybridized carbons (Fsp3) is 0.125. The van der Waals surface area contributed by atoms with E-state index in [9.17, 15) is 9.90 Å². The summed E-state index contributed by atoms with van der Waals surface area (Å²) in [6.45, 7) is 1.28. The van der Waals surface area contributed by atoms with Crippen molar-refractivity contribution in [1.82, 2.24) is 29.5 Å². The average molecular weight is 455 g/mol. The minimum absolute atomic E-state index is 0.000248. The first-order valence-corrected chi connectivity index (χ1v) is 10.7. The summed E-state index contributed by atoms with van der Waals surface area (Å²) < 4.78 is 2.88. The number of aromatic nitrogens is 6. The maximum absolute atomic E-state index is 11.1. The SMILES string of the molecule is O=C(O)c1cnn(-c2nc(O)c3c(cnn3CCCN(c3ccccc3)c3ccccc3)n2)c1. The number of benzene rings is 2. The fourth-order valence-corrected chi connectivity index (χ4v) is 3.78. The minimum Gasteiger partial charge on any atom is -0.492 e. The van der Waals surface area contributed by atoms with Gasteiger partial charge < -0.3 is 15.1 Å². The number of carboxylic acids is 1. The van der Waals surface area contributed by atoms with Gasteiger partial charge in [-0.3, -0.25) is 4.68 Å². The number of anilines is 2. The Kier molecular flexibility index (Phi) is 5.61. The molecule has 2 aromatic carbocycles. The summed E-state index contributed by atoms with van der Waals surface area (Å²) in [7, 11) is 0. The zero-order chi connectivity index (χ0) is 23.5. The Balaban J connectivity index is 1.36. The number of fused-ring (bicyclic) bond motifs is 1. The second-order valence-corrected chi connectivity index (χ2v) is 7.60. The van der Waals surface area contributed by atoms with Crippen LogP contribution in [0.5, 0.6) is 5.88 Å². The lowest BCUT2D eigenvalue weighted by molar-refractivity contribution is 0.0697. The molecule has 0 aliphatic heterocycles. The lowest BCUT2D eigenvalue weighted by atomic mass is 10.2. The standard InChI is InChI=1S/C24H21N7O3/c32-22-21-20(27-24(28-22)31-16-17(14-25-31)23(33)34)15-26-30(21)13-7-12-29(18-8-3-1-4-9-18)19-10-5-2-6-11-19/h1-6,8-11,14-16H,7,12-13H2,(H,33,34)(H,27,28,32). The number of hydrogen-bond acceptors (Lipinski definition) is 7. The maximum Gasteiger partial charge on any atom is 0.338 e. The molecule has 10 heteroatoms. The maximum atomic E-state index is 11.1. The van der Waals surface area contributed by atoms with Crippen molar-refractivity contribution >= 4 is 28.4 Å². The van der Waals surface area contributed by atoms with Gasteiger partial charge in [-0.25, -0.2) is 14.5 Å². The molecule has 34 heavy (non-hydrogen) atoms. The molecule has 0 saturated heterocycles. The van der Waals surface area contributed by atoms with Crippen molar-refractivity contribution in [2.45, 2.75) is 13.0 Å². The second kappa shape index (κ2) is 9.02. The largest absolute Gasteiger partial charge is 0.492 e. The van der Waals surface area contributed by atoms with Crippen molar-refractivity contribution in [1.29, 1.82) is 0 Å². The first kappa shape index (κ1) is 21.1. The number of para-hydroxylation sites is 2. The average Bonchev–Trinajstić information content (AvgIpc) is 3.51. The molecule has 5 rings (SSSR count). The summed E-state index contributed by atoms with van der Waals surface area (Å²) in [6, 6.07) is 20.3. The molecular weight excluding hydrogens is 434 g/mol. The third-order valence-electron chi connectivity index (χ3n) is 5.38. The van der Waals surface area contributed by atoms with Gasteiger partial charge in [0.1, 0.15) is 11.0 Å². The molecule has 2 N–H and O–H groups in total. The van der Waals surface area contributed by atoms with Gasteiger partial charge in [-0.1, -0.05) is 36.4 Å². The third kappa shape index (κ3) is 4.16. The lowest BCUT2D eigenvalue weighted by Crippen LogP contribution is -2.20. The van der Waals surface area contributed by atoms with E-state index in [1.54, 1.807) is 10.9 Å². The monoisotopic (exact) mass is 455 g/mol. The van der Waals surface area contributed by atoms with E-state index in [1.807, 2.05) is 36.4 Å². The number of aromatic carboxylic acids is 1. The van der Waals surface area contributed by atoms with Gasteiger partial charge >= 0.3 is 5.97 Å². The Hall–Kier alpha value is -4.73. The minimum atomic E-state index is -1.11. The molecule has 0 atom stereocenters.